The van der Waals surface area contributed by atoms with Gasteiger partial charge in [0.2, 0.25) is 0 Å². The zero-order valence-corrected chi connectivity index (χ0v) is 10.2. The van der Waals surface area contributed by atoms with Gasteiger partial charge < -0.3 is 0 Å². The van der Waals surface area contributed by atoms with Gasteiger partial charge in [-0.05, 0) is 0 Å². The normalized spacial score (nSPS) is 21.4. The number of aromatic hydroxyl groups is 1. The number of phenolic OH excluding ortho intramolecular Hbond substituents is 1. The Kier molecular flexibility index (Phi) is 3.65. The van der Waals surface area contributed by atoms with Crippen molar-refractivity contribution in [3.05, 3.63) is 59.7 Å². The van der Waals surface area contributed by atoms with Crippen LogP contribution in [0, 0.1) is 0 Å². The van der Waals surface area contributed by atoms with E-state index in [0.717, 1.165) is 11.1 Å². The van der Waals surface area contributed by atoms with Gasteiger partial charge in [0.1, 0.15) is 0 Å². The Morgan fingerprint density at radius 1 is 1.25 bits per heavy atom. The van der Waals surface area contributed by atoms with Crippen molar-refractivity contribution in [3.8, 4) is 5.75 Å². The number of hydrogen-bond donors (Lipinski definition) is 1. The summed E-state index contributed by atoms with van der Waals surface area (Å²) >= 11 is 1.80. The molecule has 1 aliphatic carbocycles. The quantitative estimate of drug-likeness (QED) is 0.798. The van der Waals surface area contributed by atoms with E-state index in [1.807, 2.05) is 48.6 Å². The molecule has 0 saturated carbocycles. The van der Waals surface area contributed by atoms with Crippen LogP contribution in [0.3, 0.4) is 0 Å². The van der Waals surface area contributed by atoms with Crippen LogP contribution in [0.2, 0.25) is 0 Å². The first-order valence-corrected chi connectivity index (χ1v) is 5.72. The first-order valence-electron chi connectivity index (χ1n) is 5.02. The predicted octanol–water partition coefficient (Wildman–Crippen LogP) is 3.00. The third-order valence-electron chi connectivity index (χ3n) is 2.43. The Morgan fingerprint density at radius 2 is 2.06 bits per heavy atom. The first-order chi connectivity index (χ1) is 7.81. The number of rotatable bonds is 2. The van der Waals surface area contributed by atoms with Crippen LogP contribution in [0.5, 0.6) is 5.75 Å². The second-order valence-corrected chi connectivity index (χ2v) is 3.92. The Bertz CT molecular complexity index is 488. The van der Waals surface area contributed by atoms with Crippen LogP contribution in [0.1, 0.15) is 5.56 Å². The third kappa shape index (κ3) is 2.46. The average Bonchev–Trinajstić information content (AvgIpc) is 2.33. The van der Waals surface area contributed by atoms with Crippen molar-refractivity contribution < 1.29 is 25.4 Å². The fourth-order valence-electron chi connectivity index (χ4n) is 1.59. The number of hydrogen-bond acceptors (Lipinski definition) is 2. The van der Waals surface area contributed by atoms with Crippen LogP contribution in [-0.2, 0) is 20.3 Å². The zero-order chi connectivity index (χ0) is 11.4. The fraction of sp³-hybridized carbons (Fsp3) is 0.0769. The number of allylic oxidation sites excluding steroid dienone is 2. The molecule has 0 aromatic heterocycles. The summed E-state index contributed by atoms with van der Waals surface area (Å²) in [7, 11) is 0. The minimum atomic E-state index is 0.0876. The Morgan fingerprint density at radius 3 is 2.81 bits per heavy atom. The molecule has 0 heterocycles. The van der Waals surface area contributed by atoms with E-state index in [1.165, 1.54) is 0 Å². The van der Waals surface area contributed by atoms with E-state index in [-0.39, 0.29) is 6.04 Å². The molecule has 1 aliphatic rings. The Labute approximate surface area is 106 Å². The molecule has 1 N–H and O–H groups in total. The van der Waals surface area contributed by atoms with E-state index in [4.69, 9.17) is 0 Å². The summed E-state index contributed by atoms with van der Waals surface area (Å²) in [6, 6.07) is 7.39. The molecule has 1 aromatic carbocycles. The molecule has 0 fully saturated rings. The van der Waals surface area contributed by atoms with Crippen molar-refractivity contribution in [3.63, 3.8) is 0 Å². The van der Waals surface area contributed by atoms with Crippen LogP contribution in [-0.4, -0.2) is 11.1 Å². The van der Waals surface area contributed by atoms with Crippen molar-refractivity contribution in [1.82, 2.24) is 0 Å². The van der Waals surface area contributed by atoms with Crippen LogP contribution in [0.25, 0.3) is 6.08 Å². The van der Waals surface area contributed by atoms with E-state index >= 15 is 0 Å². The van der Waals surface area contributed by atoms with Gasteiger partial charge in [-0.2, -0.15) is 0 Å². The van der Waals surface area contributed by atoms with Crippen molar-refractivity contribution in [1.29, 1.82) is 0 Å². The molecule has 0 saturated heterocycles. The fourth-order valence-corrected chi connectivity index (χ4v) is 1.95. The standard InChI is InChI=1S/C13H11NO.Ti/c14-12-7-3-1-5-10(12)9-11-6-2-4-8-13(11)15;/h1-9,12,15H;/q;+2. The van der Waals surface area contributed by atoms with Gasteiger partial charge in [-0.25, -0.2) is 0 Å². The maximum atomic E-state index is 9.68. The molecular weight excluding hydrogens is 234 g/mol. The molecule has 16 heavy (non-hydrogen) atoms. The van der Waals surface area contributed by atoms with Gasteiger partial charge in [0, 0.05) is 0 Å². The molecule has 1 unspecified atom stereocenters. The van der Waals surface area contributed by atoms with Gasteiger partial charge in [-0.3, -0.25) is 0 Å². The SMILES string of the molecule is Oc1ccccc1C=C1C=CC=CC1[N]=[Ti+2]. The zero-order valence-electron chi connectivity index (χ0n) is 8.67. The topological polar surface area (TPSA) is 32.6 Å². The summed E-state index contributed by atoms with van der Waals surface area (Å²) in [5.74, 6) is 0.299. The van der Waals surface area contributed by atoms with Crippen LogP contribution in [0.4, 0.5) is 0 Å². The van der Waals surface area contributed by atoms with E-state index < -0.39 is 0 Å². The first kappa shape index (κ1) is 11.2. The molecule has 0 aliphatic heterocycles. The number of nitrogens with zero attached hydrogens (tertiary/aromatic N) is 1. The summed E-state index contributed by atoms with van der Waals surface area (Å²) in [5, 5.41) is 9.68. The molecule has 3 heteroatoms. The van der Waals surface area contributed by atoms with Gasteiger partial charge in [-0.1, -0.05) is 0 Å². The summed E-state index contributed by atoms with van der Waals surface area (Å²) in [6.07, 6.45) is 9.98. The van der Waals surface area contributed by atoms with Crippen molar-refractivity contribution in [2.24, 2.45) is 3.42 Å². The second-order valence-electron chi connectivity index (χ2n) is 3.52. The van der Waals surface area contributed by atoms with Crippen molar-refractivity contribution in [2.45, 2.75) is 6.04 Å². The number of para-hydroxylation sites is 1. The van der Waals surface area contributed by atoms with Crippen LogP contribution in [0.15, 0.2) is 57.6 Å². The molecule has 1 aromatic rings. The van der Waals surface area contributed by atoms with Gasteiger partial charge >= 0.3 is 106 Å². The molecular formula is C13H11NOTi+2. The van der Waals surface area contributed by atoms with Crippen LogP contribution < -0.4 is 0 Å². The summed E-state index contributed by atoms with van der Waals surface area (Å²) in [5.41, 5.74) is 1.91. The molecule has 76 valence electrons. The molecule has 2 rings (SSSR count). The summed E-state index contributed by atoms with van der Waals surface area (Å²) < 4.78 is 4.27. The summed E-state index contributed by atoms with van der Waals surface area (Å²) in [4.78, 5) is 0. The third-order valence-corrected chi connectivity index (χ3v) is 2.87. The molecule has 0 radical (unpaired) electrons. The van der Waals surface area contributed by atoms with Gasteiger partial charge in [0.25, 0.3) is 0 Å². The van der Waals surface area contributed by atoms with Gasteiger partial charge in [0.15, 0.2) is 0 Å². The van der Waals surface area contributed by atoms with E-state index in [1.54, 1.807) is 26.3 Å². The summed E-state index contributed by atoms with van der Waals surface area (Å²) in [6.45, 7) is 0. The van der Waals surface area contributed by atoms with Crippen LogP contribution >= 0.6 is 0 Å². The van der Waals surface area contributed by atoms with Gasteiger partial charge in [0.05, 0.1) is 0 Å². The maximum absolute atomic E-state index is 9.68. The Balaban J connectivity index is 2.37. The molecule has 0 bridgehead atoms. The molecule has 0 amide bonds. The van der Waals surface area contributed by atoms with E-state index in [9.17, 15) is 5.11 Å². The minimum absolute atomic E-state index is 0.0876. The van der Waals surface area contributed by atoms with Crippen molar-refractivity contribution >= 4 is 6.08 Å². The molecule has 0 spiro atoms. The number of benzene rings is 1. The van der Waals surface area contributed by atoms with E-state index in [0.29, 0.717) is 5.75 Å². The monoisotopic (exact) mass is 245 g/mol. The number of phenols is 1. The second kappa shape index (κ2) is 5.19. The predicted molar refractivity (Wildman–Crippen MR) is 60.6 cm³/mol. The van der Waals surface area contributed by atoms with Gasteiger partial charge in [-0.15, -0.1) is 0 Å². The molecule has 2 nitrogen and oxygen atoms in total. The Hall–Kier alpha value is -1.25. The van der Waals surface area contributed by atoms with E-state index in [2.05, 4.69) is 3.42 Å². The average molecular weight is 245 g/mol. The van der Waals surface area contributed by atoms with Crippen molar-refractivity contribution in [2.75, 3.05) is 0 Å². The molecule has 1 atom stereocenters.